The van der Waals surface area contributed by atoms with Gasteiger partial charge in [-0.15, -0.1) is 0 Å². The van der Waals surface area contributed by atoms with Gasteiger partial charge in [-0.1, -0.05) is 22.9 Å². The molecule has 0 atom stereocenters. The van der Waals surface area contributed by atoms with E-state index in [1.165, 1.54) is 0 Å². The fourth-order valence-corrected chi connectivity index (χ4v) is 3.92. The summed E-state index contributed by atoms with van der Waals surface area (Å²) in [7, 11) is -3.40. The summed E-state index contributed by atoms with van der Waals surface area (Å²) in [5.41, 5.74) is 0.884. The third-order valence-corrected chi connectivity index (χ3v) is 5.20. The molecule has 0 spiro atoms. The Morgan fingerprint density at radius 3 is 2.40 bits per heavy atom. The summed E-state index contributed by atoms with van der Waals surface area (Å²) in [4.78, 5) is 0.269. The van der Waals surface area contributed by atoms with Crippen molar-refractivity contribution >= 4 is 41.9 Å². The summed E-state index contributed by atoms with van der Waals surface area (Å²) < 4.78 is 27.4. The van der Waals surface area contributed by atoms with E-state index >= 15 is 0 Å². The minimum absolute atomic E-state index is 0.269. The van der Waals surface area contributed by atoms with Gasteiger partial charge in [0.25, 0.3) is 0 Å². The maximum atomic E-state index is 11.8. The lowest BCUT2D eigenvalue weighted by molar-refractivity contribution is 0.583. The molecule has 0 bridgehead atoms. The second-order valence-electron chi connectivity index (χ2n) is 3.03. The summed E-state index contributed by atoms with van der Waals surface area (Å²) in [6.07, 6.45) is 0. The summed E-state index contributed by atoms with van der Waals surface area (Å²) in [5, 5.41) is 0. The molecule has 0 saturated heterocycles. The van der Waals surface area contributed by atoms with E-state index in [2.05, 4.69) is 36.6 Å². The molecule has 0 aliphatic heterocycles. The minimum atomic E-state index is -3.40. The van der Waals surface area contributed by atoms with Crippen LogP contribution >= 0.6 is 31.9 Å². The van der Waals surface area contributed by atoms with Crippen LogP contribution in [0.1, 0.15) is 12.5 Å². The Bertz CT molecular complexity index is 471. The smallest absolute Gasteiger partial charge is 0.211 e. The van der Waals surface area contributed by atoms with Gasteiger partial charge in [0.15, 0.2) is 0 Å². The first kappa shape index (κ1) is 13.2. The van der Waals surface area contributed by atoms with Crippen molar-refractivity contribution in [2.75, 3.05) is 6.54 Å². The molecule has 0 aliphatic carbocycles. The van der Waals surface area contributed by atoms with Crippen molar-refractivity contribution < 1.29 is 8.42 Å². The van der Waals surface area contributed by atoms with Crippen LogP contribution in [-0.2, 0) is 10.0 Å². The molecule has 3 nitrogen and oxygen atoms in total. The summed E-state index contributed by atoms with van der Waals surface area (Å²) >= 11 is 6.58. The first-order valence-corrected chi connectivity index (χ1v) is 7.40. The third kappa shape index (κ3) is 3.03. The van der Waals surface area contributed by atoms with Crippen molar-refractivity contribution in [1.29, 1.82) is 0 Å². The van der Waals surface area contributed by atoms with Crippen LogP contribution in [0.3, 0.4) is 0 Å². The lowest BCUT2D eigenvalue weighted by Gasteiger charge is -2.08. The fourth-order valence-electron chi connectivity index (χ4n) is 1.10. The molecule has 6 heteroatoms. The number of hydrogen-bond acceptors (Lipinski definition) is 2. The Balaban J connectivity index is 3.33. The molecule has 15 heavy (non-hydrogen) atoms. The van der Waals surface area contributed by atoms with Gasteiger partial charge in [0.1, 0.15) is 0 Å². The first-order chi connectivity index (χ1) is 6.88. The molecule has 84 valence electrons. The second kappa shape index (κ2) is 4.95. The molecule has 0 radical (unpaired) electrons. The highest BCUT2D eigenvalue weighted by Crippen LogP contribution is 2.28. The Labute approximate surface area is 107 Å². The van der Waals surface area contributed by atoms with E-state index in [1.54, 1.807) is 19.1 Å². The highest BCUT2D eigenvalue weighted by atomic mass is 79.9. The molecular formula is C9H11Br2NO2S. The maximum absolute atomic E-state index is 11.8. The number of sulfonamides is 1. The van der Waals surface area contributed by atoms with E-state index in [0.717, 1.165) is 10.0 Å². The molecule has 0 saturated carbocycles. The number of rotatable bonds is 3. The van der Waals surface area contributed by atoms with Gasteiger partial charge in [0, 0.05) is 15.5 Å². The zero-order valence-electron chi connectivity index (χ0n) is 8.34. The number of halogens is 2. The first-order valence-electron chi connectivity index (χ1n) is 4.33. The molecule has 0 unspecified atom stereocenters. The normalized spacial score (nSPS) is 11.7. The Morgan fingerprint density at radius 2 is 1.87 bits per heavy atom. The van der Waals surface area contributed by atoms with Crippen molar-refractivity contribution in [2.45, 2.75) is 18.7 Å². The largest absolute Gasteiger partial charge is 0.241 e. The van der Waals surface area contributed by atoms with E-state index < -0.39 is 10.0 Å². The van der Waals surface area contributed by atoms with E-state index in [1.807, 2.05) is 6.92 Å². The third-order valence-electron chi connectivity index (χ3n) is 1.84. The van der Waals surface area contributed by atoms with Gasteiger partial charge < -0.3 is 0 Å². The Kier molecular flexibility index (Phi) is 4.34. The highest BCUT2D eigenvalue weighted by molar-refractivity contribution is 9.11. The minimum Gasteiger partial charge on any atom is -0.211 e. The molecular weight excluding hydrogens is 346 g/mol. The van der Waals surface area contributed by atoms with E-state index in [-0.39, 0.29) is 4.90 Å². The molecule has 0 heterocycles. The summed E-state index contributed by atoms with van der Waals surface area (Å²) in [6.45, 7) is 3.97. The van der Waals surface area contributed by atoms with Gasteiger partial charge in [-0.3, -0.25) is 0 Å². The van der Waals surface area contributed by atoms with Crippen molar-refractivity contribution in [3.8, 4) is 0 Å². The molecule has 0 aliphatic rings. The number of aryl methyl sites for hydroxylation is 1. The van der Waals surface area contributed by atoms with Crippen molar-refractivity contribution in [3.63, 3.8) is 0 Å². The topological polar surface area (TPSA) is 46.2 Å². The highest BCUT2D eigenvalue weighted by Gasteiger charge is 2.17. The van der Waals surface area contributed by atoms with Crippen LogP contribution in [0.25, 0.3) is 0 Å². The van der Waals surface area contributed by atoms with Crippen LogP contribution < -0.4 is 4.72 Å². The predicted molar refractivity (Wildman–Crippen MR) is 67.4 cm³/mol. The van der Waals surface area contributed by atoms with Crippen LogP contribution in [0.2, 0.25) is 0 Å². The monoisotopic (exact) mass is 355 g/mol. The molecule has 1 aromatic carbocycles. The average molecular weight is 357 g/mol. The van der Waals surface area contributed by atoms with Crippen molar-refractivity contribution in [3.05, 3.63) is 26.6 Å². The summed E-state index contributed by atoms with van der Waals surface area (Å²) in [6, 6.07) is 3.37. The lowest BCUT2D eigenvalue weighted by Crippen LogP contribution is -2.23. The quantitative estimate of drug-likeness (QED) is 0.905. The van der Waals surface area contributed by atoms with Crippen molar-refractivity contribution in [1.82, 2.24) is 4.72 Å². The molecule has 1 aromatic rings. The van der Waals surface area contributed by atoms with Crippen molar-refractivity contribution in [2.24, 2.45) is 0 Å². The van der Waals surface area contributed by atoms with Gasteiger partial charge >= 0.3 is 0 Å². The second-order valence-corrected chi connectivity index (χ2v) is 6.48. The Hall–Kier alpha value is 0.0900. The van der Waals surface area contributed by atoms with Crippen LogP contribution in [0.4, 0.5) is 0 Å². The number of hydrogen-bond donors (Lipinski definition) is 1. The van der Waals surface area contributed by atoms with Gasteiger partial charge in [-0.05, 0) is 40.5 Å². The average Bonchev–Trinajstić information content (AvgIpc) is 2.11. The molecule has 0 fully saturated rings. The lowest BCUT2D eigenvalue weighted by atomic mass is 10.2. The number of benzene rings is 1. The van der Waals surface area contributed by atoms with Crippen LogP contribution in [0.5, 0.6) is 0 Å². The van der Waals surface area contributed by atoms with Crippen LogP contribution in [0, 0.1) is 6.92 Å². The molecule has 1 rings (SSSR count). The number of nitrogens with one attached hydrogen (secondary N) is 1. The molecule has 0 aromatic heterocycles. The predicted octanol–water partition coefficient (Wildman–Crippen LogP) is 2.82. The SMILES string of the molecule is CCNS(=O)(=O)c1cc(C)c(Br)cc1Br. The van der Waals surface area contributed by atoms with Crippen LogP contribution in [-0.4, -0.2) is 15.0 Å². The van der Waals surface area contributed by atoms with Gasteiger partial charge in [0.05, 0.1) is 4.90 Å². The maximum Gasteiger partial charge on any atom is 0.241 e. The fraction of sp³-hybridized carbons (Fsp3) is 0.333. The van der Waals surface area contributed by atoms with Crippen LogP contribution in [0.15, 0.2) is 26.0 Å². The zero-order valence-corrected chi connectivity index (χ0v) is 12.3. The molecule has 0 amide bonds. The van der Waals surface area contributed by atoms with Gasteiger partial charge in [-0.25, -0.2) is 13.1 Å². The summed E-state index contributed by atoms with van der Waals surface area (Å²) in [5.74, 6) is 0. The Morgan fingerprint density at radius 1 is 1.27 bits per heavy atom. The van der Waals surface area contributed by atoms with E-state index in [9.17, 15) is 8.42 Å². The van der Waals surface area contributed by atoms with E-state index in [4.69, 9.17) is 0 Å². The standard InChI is InChI=1S/C9H11Br2NO2S/c1-3-12-15(13,14)9-4-6(2)7(10)5-8(9)11/h4-5,12H,3H2,1-2H3. The zero-order chi connectivity index (χ0) is 11.6. The van der Waals surface area contributed by atoms with Gasteiger partial charge in [-0.2, -0.15) is 0 Å². The van der Waals surface area contributed by atoms with E-state index in [0.29, 0.717) is 11.0 Å². The van der Waals surface area contributed by atoms with Gasteiger partial charge in [0.2, 0.25) is 10.0 Å². The molecule has 1 N–H and O–H groups in total.